The van der Waals surface area contributed by atoms with Crippen molar-refractivity contribution in [2.24, 2.45) is 5.73 Å². The van der Waals surface area contributed by atoms with Crippen LogP contribution in [0.5, 0.6) is 0 Å². The molecule has 0 fully saturated rings. The first-order chi connectivity index (χ1) is 7.93. The van der Waals surface area contributed by atoms with Crippen LogP contribution >= 0.6 is 0 Å². The Morgan fingerprint density at radius 3 is 2.53 bits per heavy atom. The number of sulfonamides is 1. The molecule has 0 unspecified atom stereocenters. The highest BCUT2D eigenvalue weighted by Crippen LogP contribution is 2.08. The third kappa shape index (κ3) is 5.20. The quantitative estimate of drug-likeness (QED) is 0.799. The molecule has 0 atom stereocenters. The Kier molecular flexibility index (Phi) is 4.98. The topological polar surface area (TPSA) is 72.2 Å². The zero-order valence-corrected chi connectivity index (χ0v) is 9.88. The average Bonchev–Trinajstić information content (AvgIpc) is 2.26. The molecule has 0 saturated carbocycles. The molecule has 1 rings (SSSR count). The van der Waals surface area contributed by atoms with Crippen LogP contribution in [0.4, 0.5) is 8.78 Å². The molecule has 0 bridgehead atoms. The Morgan fingerprint density at radius 1 is 1.29 bits per heavy atom. The average molecular weight is 264 g/mol. The second-order valence-electron chi connectivity index (χ2n) is 3.52. The van der Waals surface area contributed by atoms with Crippen molar-refractivity contribution in [3.8, 4) is 0 Å². The Morgan fingerprint density at radius 2 is 1.94 bits per heavy atom. The highest BCUT2D eigenvalue weighted by atomic mass is 32.2. The van der Waals surface area contributed by atoms with Crippen LogP contribution in [0, 0.1) is 0 Å². The molecule has 1 aromatic rings. The van der Waals surface area contributed by atoms with Crippen LogP contribution < -0.4 is 10.5 Å². The number of benzene rings is 1. The van der Waals surface area contributed by atoms with Crippen molar-refractivity contribution in [3.63, 3.8) is 0 Å². The Hall–Kier alpha value is -1.05. The summed E-state index contributed by atoms with van der Waals surface area (Å²) in [5, 5.41) is 0. The van der Waals surface area contributed by atoms with E-state index in [1.54, 1.807) is 24.3 Å². The van der Waals surface area contributed by atoms with E-state index in [2.05, 4.69) is 0 Å². The first-order valence-electron chi connectivity index (χ1n) is 4.96. The fourth-order valence-corrected chi connectivity index (χ4v) is 2.41. The minimum atomic E-state index is -3.73. The van der Waals surface area contributed by atoms with Gasteiger partial charge in [-0.25, -0.2) is 21.9 Å². The van der Waals surface area contributed by atoms with Gasteiger partial charge >= 0.3 is 0 Å². The SMILES string of the molecule is NCc1cccc(CS(=O)(=O)NCC(F)F)c1. The number of nitrogens with one attached hydrogen (secondary N) is 1. The number of hydrogen-bond acceptors (Lipinski definition) is 3. The molecule has 0 aliphatic carbocycles. The van der Waals surface area contributed by atoms with Gasteiger partial charge in [-0.15, -0.1) is 0 Å². The summed E-state index contributed by atoms with van der Waals surface area (Å²) in [6.45, 7) is -0.558. The van der Waals surface area contributed by atoms with E-state index in [1.807, 2.05) is 4.72 Å². The molecule has 4 nitrogen and oxygen atoms in total. The van der Waals surface area contributed by atoms with Crippen molar-refractivity contribution < 1.29 is 17.2 Å². The van der Waals surface area contributed by atoms with Gasteiger partial charge < -0.3 is 5.73 Å². The number of nitrogens with two attached hydrogens (primary N) is 1. The first-order valence-corrected chi connectivity index (χ1v) is 6.61. The molecular formula is C10H14F2N2O2S. The molecule has 0 aromatic heterocycles. The summed E-state index contributed by atoms with van der Waals surface area (Å²) < 4.78 is 48.5. The molecular weight excluding hydrogens is 250 g/mol. The predicted octanol–water partition coefficient (Wildman–Crippen LogP) is 0.830. The monoisotopic (exact) mass is 264 g/mol. The number of halogens is 2. The van der Waals surface area contributed by atoms with Crippen LogP contribution in [0.2, 0.25) is 0 Å². The predicted molar refractivity (Wildman–Crippen MR) is 61.0 cm³/mol. The lowest BCUT2D eigenvalue weighted by molar-refractivity contribution is 0.153. The summed E-state index contributed by atoms with van der Waals surface area (Å²) >= 11 is 0. The van der Waals surface area contributed by atoms with E-state index in [1.165, 1.54) is 0 Å². The smallest absolute Gasteiger partial charge is 0.251 e. The molecule has 7 heteroatoms. The van der Waals surface area contributed by atoms with Crippen LogP contribution in [-0.2, 0) is 22.3 Å². The van der Waals surface area contributed by atoms with Gasteiger partial charge in [-0.2, -0.15) is 0 Å². The van der Waals surface area contributed by atoms with Crippen molar-refractivity contribution in [2.45, 2.75) is 18.7 Å². The van der Waals surface area contributed by atoms with E-state index in [4.69, 9.17) is 5.73 Å². The Bertz CT molecular complexity index is 463. The number of hydrogen-bond donors (Lipinski definition) is 2. The molecule has 96 valence electrons. The zero-order valence-electron chi connectivity index (χ0n) is 9.07. The molecule has 0 aliphatic heterocycles. The van der Waals surface area contributed by atoms with Crippen LogP contribution in [0.25, 0.3) is 0 Å². The minimum Gasteiger partial charge on any atom is -0.326 e. The van der Waals surface area contributed by atoms with Gasteiger partial charge in [0.1, 0.15) is 0 Å². The maximum Gasteiger partial charge on any atom is 0.251 e. The molecule has 0 heterocycles. The van der Waals surface area contributed by atoms with Gasteiger partial charge in [0.2, 0.25) is 10.0 Å². The lowest BCUT2D eigenvalue weighted by Crippen LogP contribution is -2.29. The molecule has 0 aliphatic rings. The Labute approximate surface area is 98.9 Å². The Balaban J connectivity index is 2.69. The molecule has 0 saturated heterocycles. The van der Waals surface area contributed by atoms with E-state index < -0.39 is 23.0 Å². The van der Waals surface area contributed by atoms with E-state index in [0.29, 0.717) is 12.1 Å². The third-order valence-corrected chi connectivity index (χ3v) is 3.36. The second kappa shape index (κ2) is 6.04. The molecule has 3 N–H and O–H groups in total. The maximum atomic E-state index is 11.9. The molecule has 0 amide bonds. The summed E-state index contributed by atoms with van der Waals surface area (Å²) in [4.78, 5) is 0. The number of alkyl halides is 2. The molecule has 0 radical (unpaired) electrons. The van der Waals surface area contributed by atoms with Crippen LogP contribution in [0.15, 0.2) is 24.3 Å². The van der Waals surface area contributed by atoms with Crippen molar-refractivity contribution in [3.05, 3.63) is 35.4 Å². The third-order valence-electron chi connectivity index (χ3n) is 2.04. The highest BCUT2D eigenvalue weighted by molar-refractivity contribution is 7.88. The first kappa shape index (κ1) is 14.0. The van der Waals surface area contributed by atoms with Gasteiger partial charge in [0.15, 0.2) is 0 Å². The van der Waals surface area contributed by atoms with Crippen LogP contribution in [0.1, 0.15) is 11.1 Å². The van der Waals surface area contributed by atoms with Crippen LogP contribution in [-0.4, -0.2) is 21.4 Å². The maximum absolute atomic E-state index is 11.9. The largest absolute Gasteiger partial charge is 0.326 e. The normalized spacial score (nSPS) is 12.0. The van der Waals surface area contributed by atoms with Crippen molar-refractivity contribution in [2.75, 3.05) is 6.54 Å². The minimum absolute atomic E-state index is 0.304. The van der Waals surface area contributed by atoms with Gasteiger partial charge in [0.25, 0.3) is 6.43 Å². The van der Waals surface area contributed by atoms with E-state index in [9.17, 15) is 17.2 Å². The summed E-state index contributed by atoms with van der Waals surface area (Å²) in [6, 6.07) is 6.70. The fraction of sp³-hybridized carbons (Fsp3) is 0.400. The van der Waals surface area contributed by atoms with E-state index >= 15 is 0 Å². The zero-order chi connectivity index (χ0) is 12.9. The fourth-order valence-electron chi connectivity index (χ4n) is 1.31. The molecule has 17 heavy (non-hydrogen) atoms. The lowest BCUT2D eigenvalue weighted by atomic mass is 10.1. The lowest BCUT2D eigenvalue weighted by Gasteiger charge is -2.07. The molecule has 0 spiro atoms. The van der Waals surface area contributed by atoms with Gasteiger partial charge in [0.05, 0.1) is 12.3 Å². The van der Waals surface area contributed by atoms with Gasteiger partial charge in [0, 0.05) is 6.54 Å². The van der Waals surface area contributed by atoms with E-state index in [-0.39, 0.29) is 5.75 Å². The molecule has 1 aromatic carbocycles. The summed E-state index contributed by atoms with van der Waals surface area (Å²) in [5.74, 6) is -0.326. The van der Waals surface area contributed by atoms with Gasteiger partial charge in [-0.3, -0.25) is 0 Å². The highest BCUT2D eigenvalue weighted by Gasteiger charge is 2.14. The standard InChI is InChI=1S/C10H14F2N2O2S/c11-10(12)6-14-17(15,16)7-9-3-1-2-8(4-9)5-13/h1-4,10,14H,5-7,13H2. The second-order valence-corrected chi connectivity index (χ2v) is 5.33. The van der Waals surface area contributed by atoms with Crippen molar-refractivity contribution in [1.82, 2.24) is 4.72 Å². The van der Waals surface area contributed by atoms with Crippen molar-refractivity contribution >= 4 is 10.0 Å². The number of rotatable bonds is 6. The van der Waals surface area contributed by atoms with Crippen molar-refractivity contribution in [1.29, 1.82) is 0 Å². The summed E-state index contributed by atoms with van der Waals surface area (Å²) in [6.07, 6.45) is -2.69. The van der Waals surface area contributed by atoms with E-state index in [0.717, 1.165) is 5.56 Å². The van der Waals surface area contributed by atoms with Gasteiger partial charge in [-0.05, 0) is 11.1 Å². The van der Waals surface area contributed by atoms with Gasteiger partial charge in [-0.1, -0.05) is 24.3 Å². The summed E-state index contributed by atoms with van der Waals surface area (Å²) in [7, 11) is -3.73. The summed E-state index contributed by atoms with van der Waals surface area (Å²) in [5.41, 5.74) is 6.74. The van der Waals surface area contributed by atoms with Crippen LogP contribution in [0.3, 0.4) is 0 Å².